The van der Waals surface area contributed by atoms with E-state index in [-0.39, 0.29) is 12.1 Å². The molecule has 0 bridgehead atoms. The normalized spacial score (nSPS) is 12.6. The first-order valence-corrected chi connectivity index (χ1v) is 4.83. The number of aliphatic hydroxyl groups is 1. The number of benzene rings is 1. The van der Waals surface area contributed by atoms with Crippen LogP contribution in [0.25, 0.3) is 0 Å². The van der Waals surface area contributed by atoms with E-state index in [0.717, 1.165) is 0 Å². The van der Waals surface area contributed by atoms with Gasteiger partial charge in [0.2, 0.25) is 0 Å². The van der Waals surface area contributed by atoms with Crippen LogP contribution in [0.15, 0.2) is 24.3 Å². The minimum atomic E-state index is -0.764. The number of carbonyl (C=O) groups excluding carboxylic acids is 1. The van der Waals surface area contributed by atoms with Crippen LogP contribution >= 0.6 is 0 Å². The van der Waals surface area contributed by atoms with Crippen LogP contribution in [0.4, 0.5) is 0 Å². The summed E-state index contributed by atoms with van der Waals surface area (Å²) in [6.07, 6.45) is -0.893. The van der Waals surface area contributed by atoms with E-state index in [0.29, 0.717) is 11.1 Å². The highest BCUT2D eigenvalue weighted by molar-refractivity contribution is 5.89. The summed E-state index contributed by atoms with van der Waals surface area (Å²) in [5.74, 6) is -0.352. The van der Waals surface area contributed by atoms with E-state index in [1.807, 2.05) is 0 Å². The monoisotopic (exact) mass is 207 g/mol. The third-order valence-corrected chi connectivity index (χ3v) is 1.87. The van der Waals surface area contributed by atoms with Crippen LogP contribution in [0.2, 0.25) is 0 Å². The van der Waals surface area contributed by atoms with E-state index in [1.54, 1.807) is 38.1 Å². The maximum Gasteiger partial charge on any atom is 0.338 e. The highest BCUT2D eigenvalue weighted by Gasteiger charge is 2.09. The Labute approximate surface area is 89.7 Å². The molecule has 0 heterocycles. The molecule has 0 spiro atoms. The number of aliphatic hydroxyl groups excluding tert-OH is 1. The van der Waals surface area contributed by atoms with Crippen molar-refractivity contribution in [2.45, 2.75) is 26.1 Å². The largest absolute Gasteiger partial charge is 0.459 e. The van der Waals surface area contributed by atoms with Crippen LogP contribution in [-0.4, -0.2) is 17.2 Å². The third kappa shape index (κ3) is 3.36. The Bertz CT molecular complexity index is 325. The molecule has 1 rings (SSSR count). The van der Waals surface area contributed by atoms with Crippen molar-refractivity contribution >= 4 is 5.97 Å². The van der Waals surface area contributed by atoms with Crippen LogP contribution in [-0.2, 0) is 4.74 Å². The van der Waals surface area contributed by atoms with Gasteiger partial charge in [0, 0.05) is 0 Å². The number of rotatable bonds is 3. The van der Waals surface area contributed by atoms with Gasteiger partial charge in [0.25, 0.3) is 0 Å². The average Bonchev–Trinajstić information content (AvgIpc) is 2.17. The van der Waals surface area contributed by atoms with Gasteiger partial charge in [-0.2, -0.15) is 0 Å². The first kappa shape index (κ1) is 11.7. The zero-order chi connectivity index (χ0) is 11.4. The van der Waals surface area contributed by atoms with Crippen molar-refractivity contribution in [2.24, 2.45) is 0 Å². The van der Waals surface area contributed by atoms with Crippen molar-refractivity contribution < 1.29 is 14.6 Å². The Morgan fingerprint density at radius 2 is 1.87 bits per heavy atom. The Kier molecular flexibility index (Phi) is 3.86. The molecule has 1 aromatic rings. The summed E-state index contributed by atoms with van der Waals surface area (Å²) in [5.41, 5.74) is 1.16. The lowest BCUT2D eigenvalue weighted by Crippen LogP contribution is -2.11. The molecular formula is C12H15O3. The molecule has 3 nitrogen and oxygen atoms in total. The summed E-state index contributed by atoms with van der Waals surface area (Å²) in [6, 6.07) is 6.56. The second-order valence-electron chi connectivity index (χ2n) is 3.59. The molecular weight excluding hydrogens is 192 g/mol. The lowest BCUT2D eigenvalue weighted by Gasteiger charge is -2.09. The zero-order valence-corrected chi connectivity index (χ0v) is 8.93. The SMILES string of the molecule is [CH2]C(O)c1ccc(C(=O)OC(C)C)cc1. The number of ether oxygens (including phenoxy) is 1. The summed E-state index contributed by atoms with van der Waals surface area (Å²) in [7, 11) is 0. The number of hydrogen-bond donors (Lipinski definition) is 1. The van der Waals surface area contributed by atoms with Gasteiger partial charge >= 0.3 is 5.97 Å². The molecule has 0 aromatic heterocycles. The van der Waals surface area contributed by atoms with Crippen LogP contribution in [0, 0.1) is 6.92 Å². The molecule has 0 saturated heterocycles. The Balaban J connectivity index is 2.75. The maximum atomic E-state index is 11.4. The fourth-order valence-electron chi connectivity index (χ4n) is 1.12. The van der Waals surface area contributed by atoms with Gasteiger partial charge < -0.3 is 9.84 Å². The summed E-state index contributed by atoms with van der Waals surface area (Å²) < 4.78 is 5.02. The van der Waals surface area contributed by atoms with E-state index < -0.39 is 6.10 Å². The van der Waals surface area contributed by atoms with E-state index in [9.17, 15) is 9.90 Å². The molecule has 0 amide bonds. The Morgan fingerprint density at radius 3 is 2.27 bits per heavy atom. The fourth-order valence-corrected chi connectivity index (χ4v) is 1.12. The summed E-state index contributed by atoms with van der Waals surface area (Å²) in [4.78, 5) is 11.4. The molecule has 1 radical (unpaired) electrons. The maximum absolute atomic E-state index is 11.4. The quantitative estimate of drug-likeness (QED) is 0.772. The highest BCUT2D eigenvalue weighted by Crippen LogP contribution is 2.13. The van der Waals surface area contributed by atoms with Crippen molar-refractivity contribution in [3.63, 3.8) is 0 Å². The molecule has 0 aliphatic carbocycles. The molecule has 0 aliphatic rings. The van der Waals surface area contributed by atoms with Crippen LogP contribution in [0.5, 0.6) is 0 Å². The van der Waals surface area contributed by atoms with Gasteiger partial charge in [0.05, 0.1) is 17.8 Å². The number of esters is 1. The van der Waals surface area contributed by atoms with Crippen LogP contribution < -0.4 is 0 Å². The molecule has 1 atom stereocenters. The average molecular weight is 207 g/mol. The lowest BCUT2D eigenvalue weighted by molar-refractivity contribution is 0.0378. The molecule has 3 heteroatoms. The highest BCUT2D eigenvalue weighted by atomic mass is 16.5. The van der Waals surface area contributed by atoms with Crippen molar-refractivity contribution in [1.82, 2.24) is 0 Å². The minimum Gasteiger partial charge on any atom is -0.459 e. The molecule has 1 aromatic carbocycles. The van der Waals surface area contributed by atoms with Crippen molar-refractivity contribution in [3.8, 4) is 0 Å². The Hall–Kier alpha value is -1.35. The van der Waals surface area contributed by atoms with Gasteiger partial charge in [-0.25, -0.2) is 4.79 Å². The molecule has 1 unspecified atom stereocenters. The zero-order valence-electron chi connectivity index (χ0n) is 8.93. The summed E-state index contributed by atoms with van der Waals surface area (Å²) in [6.45, 7) is 7.07. The summed E-state index contributed by atoms with van der Waals surface area (Å²) >= 11 is 0. The summed E-state index contributed by atoms with van der Waals surface area (Å²) in [5, 5.41) is 9.17. The second kappa shape index (κ2) is 4.94. The second-order valence-corrected chi connectivity index (χ2v) is 3.59. The number of carbonyl (C=O) groups is 1. The van der Waals surface area contributed by atoms with Gasteiger partial charge in [-0.3, -0.25) is 0 Å². The first-order chi connectivity index (χ1) is 7.00. The van der Waals surface area contributed by atoms with E-state index in [4.69, 9.17) is 4.74 Å². The van der Waals surface area contributed by atoms with Gasteiger partial charge in [0.1, 0.15) is 0 Å². The Morgan fingerprint density at radius 1 is 1.33 bits per heavy atom. The standard InChI is InChI=1S/C12H15O3/c1-8(2)15-12(14)11-6-4-10(5-7-11)9(3)13/h4-9,13H,3H2,1-2H3. The lowest BCUT2D eigenvalue weighted by atomic mass is 10.1. The molecule has 0 fully saturated rings. The van der Waals surface area contributed by atoms with Crippen LogP contribution in [0.3, 0.4) is 0 Å². The third-order valence-electron chi connectivity index (χ3n) is 1.87. The topological polar surface area (TPSA) is 46.5 Å². The molecule has 0 aliphatic heterocycles. The smallest absolute Gasteiger partial charge is 0.338 e. The van der Waals surface area contributed by atoms with Crippen molar-refractivity contribution in [1.29, 1.82) is 0 Å². The predicted molar refractivity (Wildman–Crippen MR) is 57.3 cm³/mol. The van der Waals surface area contributed by atoms with E-state index >= 15 is 0 Å². The molecule has 15 heavy (non-hydrogen) atoms. The first-order valence-electron chi connectivity index (χ1n) is 4.83. The molecule has 1 N–H and O–H groups in total. The predicted octanol–water partition coefficient (Wildman–Crippen LogP) is 2.12. The van der Waals surface area contributed by atoms with E-state index in [1.165, 1.54) is 0 Å². The minimum absolute atomic E-state index is 0.129. The van der Waals surface area contributed by atoms with Gasteiger partial charge in [-0.05, 0) is 38.5 Å². The number of hydrogen-bond acceptors (Lipinski definition) is 3. The van der Waals surface area contributed by atoms with E-state index in [2.05, 4.69) is 6.92 Å². The van der Waals surface area contributed by atoms with Crippen molar-refractivity contribution in [3.05, 3.63) is 42.3 Å². The van der Waals surface area contributed by atoms with Crippen molar-refractivity contribution in [2.75, 3.05) is 0 Å². The van der Waals surface area contributed by atoms with Gasteiger partial charge in [-0.15, -0.1) is 0 Å². The van der Waals surface area contributed by atoms with Gasteiger partial charge in [0.15, 0.2) is 0 Å². The molecule has 81 valence electrons. The van der Waals surface area contributed by atoms with Gasteiger partial charge in [-0.1, -0.05) is 12.1 Å². The fraction of sp³-hybridized carbons (Fsp3) is 0.333. The molecule has 0 saturated carbocycles. The van der Waals surface area contributed by atoms with Crippen LogP contribution in [0.1, 0.15) is 35.9 Å².